The first-order valence-electron chi connectivity index (χ1n) is 17.9. The number of allylic oxidation sites excluding steroid dienone is 2. The van der Waals surface area contributed by atoms with E-state index in [9.17, 15) is 18.3 Å². The zero-order valence-electron chi connectivity index (χ0n) is 28.6. The van der Waals surface area contributed by atoms with Crippen molar-refractivity contribution in [2.45, 2.75) is 102 Å². The summed E-state index contributed by atoms with van der Waals surface area (Å²) in [6.45, 7) is 9.66. The molecule has 0 unspecified atom stereocenters. The lowest BCUT2D eigenvalue weighted by molar-refractivity contribution is 0.0461. The van der Waals surface area contributed by atoms with E-state index in [1.807, 2.05) is 31.2 Å². The van der Waals surface area contributed by atoms with E-state index in [0.29, 0.717) is 42.7 Å². The second-order valence-electron chi connectivity index (χ2n) is 14.2. The van der Waals surface area contributed by atoms with Crippen LogP contribution in [0.3, 0.4) is 0 Å². The van der Waals surface area contributed by atoms with Crippen molar-refractivity contribution < 1.29 is 23.1 Å². The number of anilines is 1. The number of carbonyl (C=O) groups is 1. The number of benzene rings is 2. The van der Waals surface area contributed by atoms with Crippen molar-refractivity contribution in [2.24, 2.45) is 23.7 Å². The Hall–Kier alpha value is -2.81. The first-order valence-corrected chi connectivity index (χ1v) is 19.8. The van der Waals surface area contributed by atoms with Gasteiger partial charge in [-0.25, -0.2) is 13.1 Å². The molecule has 9 heteroatoms. The van der Waals surface area contributed by atoms with Gasteiger partial charge in [-0.15, -0.1) is 6.58 Å². The van der Waals surface area contributed by atoms with Gasteiger partial charge in [-0.1, -0.05) is 69.0 Å². The molecule has 0 aromatic heterocycles. The Morgan fingerprint density at radius 2 is 1.96 bits per heavy atom. The third-order valence-corrected chi connectivity index (χ3v) is 12.6. The molecule has 1 aliphatic heterocycles. The molecule has 2 aromatic rings. The van der Waals surface area contributed by atoms with Crippen molar-refractivity contribution in [1.82, 2.24) is 4.72 Å². The Morgan fingerprint density at radius 1 is 1.15 bits per heavy atom. The van der Waals surface area contributed by atoms with Crippen LogP contribution >= 0.6 is 11.6 Å². The van der Waals surface area contributed by atoms with Gasteiger partial charge in [0.1, 0.15) is 12.4 Å². The summed E-state index contributed by atoms with van der Waals surface area (Å²) in [5, 5.41) is 11.0. The minimum Gasteiger partial charge on any atom is -0.487 e. The Labute approximate surface area is 292 Å². The number of nitrogens with one attached hydrogen (secondary N) is 1. The predicted octanol–water partition coefficient (Wildman–Crippen LogP) is 8.25. The van der Waals surface area contributed by atoms with E-state index in [4.69, 9.17) is 16.3 Å². The lowest BCUT2D eigenvalue weighted by Crippen LogP contribution is -2.43. The summed E-state index contributed by atoms with van der Waals surface area (Å²) in [5.41, 5.74) is 3.30. The molecular weight excluding hydrogens is 644 g/mol. The highest BCUT2D eigenvalue weighted by atomic mass is 35.5. The molecule has 2 aromatic carbocycles. The number of aryl methyl sites for hydroxylation is 1. The van der Waals surface area contributed by atoms with E-state index in [1.165, 1.54) is 5.56 Å². The zero-order valence-corrected chi connectivity index (χ0v) is 30.2. The first-order chi connectivity index (χ1) is 23.1. The maximum absolute atomic E-state index is 13.7. The molecule has 2 fully saturated rings. The van der Waals surface area contributed by atoms with Gasteiger partial charge in [0.05, 0.1) is 17.0 Å². The number of amides is 1. The molecule has 2 N–H and O–H groups in total. The van der Waals surface area contributed by atoms with Gasteiger partial charge in [-0.3, -0.25) is 4.79 Å². The van der Waals surface area contributed by atoms with E-state index in [-0.39, 0.29) is 23.3 Å². The highest BCUT2D eigenvalue weighted by Crippen LogP contribution is 2.41. The first kappa shape index (κ1) is 36.5. The number of unbranched alkanes of at least 4 members (excludes halogenated alkanes) is 1. The maximum Gasteiger partial charge on any atom is 0.264 e. The summed E-state index contributed by atoms with van der Waals surface area (Å²) in [4.78, 5) is 16.0. The van der Waals surface area contributed by atoms with Gasteiger partial charge in [0.15, 0.2) is 0 Å². The molecule has 0 saturated heterocycles. The number of rotatable bonds is 14. The summed E-state index contributed by atoms with van der Waals surface area (Å²) >= 11 is 6.35. The standard InChI is InChI=1S/C39H53ClN2O5S/c1-4-6-7-12-36(43)34-19-16-31(34)25-42-21-9-8-11-29-23-33(40)18-15-32(29)26-47-37-20-17-30(24-35(37)42)39(44)41-48(45,46)38(22-28-13-14-28)27(3)10-5-2/h5,7,12,15,17-18,20,23-24,27-28,31,34,36,38,43H,2,4,6,8-11,13-14,16,19,21-22,25-26H2,1,3H3,(H,41,44)/b12-7+/t27-,31-,34+,36-,38-/m0/s1. The Morgan fingerprint density at radius 3 is 2.67 bits per heavy atom. The minimum atomic E-state index is -3.92. The molecule has 1 heterocycles. The van der Waals surface area contributed by atoms with Crippen LogP contribution < -0.4 is 14.4 Å². The van der Waals surface area contributed by atoms with Crippen molar-refractivity contribution >= 4 is 33.2 Å². The molecule has 0 radical (unpaired) electrons. The highest BCUT2D eigenvalue weighted by Gasteiger charge is 2.38. The topological polar surface area (TPSA) is 95.9 Å². The third-order valence-electron chi connectivity index (χ3n) is 10.5. The lowest BCUT2D eigenvalue weighted by atomic mass is 9.70. The average Bonchev–Trinajstić information content (AvgIpc) is 3.86. The molecule has 2 aliphatic carbocycles. The van der Waals surface area contributed by atoms with Crippen LogP contribution in [0, 0.1) is 23.7 Å². The molecule has 48 heavy (non-hydrogen) atoms. The molecule has 7 nitrogen and oxygen atoms in total. The van der Waals surface area contributed by atoms with E-state index in [0.717, 1.165) is 75.6 Å². The average molecular weight is 697 g/mol. The van der Waals surface area contributed by atoms with Crippen LogP contribution in [0.1, 0.15) is 99.5 Å². The van der Waals surface area contributed by atoms with E-state index < -0.39 is 27.3 Å². The van der Waals surface area contributed by atoms with Gasteiger partial charge in [0, 0.05) is 23.7 Å². The smallest absolute Gasteiger partial charge is 0.264 e. The highest BCUT2D eigenvalue weighted by molar-refractivity contribution is 7.90. The van der Waals surface area contributed by atoms with Crippen LogP contribution in [0.15, 0.2) is 61.2 Å². The summed E-state index contributed by atoms with van der Waals surface area (Å²) in [7, 11) is -3.92. The molecule has 2 saturated carbocycles. The molecule has 0 spiro atoms. The number of sulfonamides is 1. The van der Waals surface area contributed by atoms with Crippen LogP contribution in [-0.2, 0) is 23.1 Å². The van der Waals surface area contributed by atoms with Gasteiger partial charge >= 0.3 is 0 Å². The summed E-state index contributed by atoms with van der Waals surface area (Å²) in [6.07, 6.45) is 15.2. The number of nitrogens with zero attached hydrogens (tertiary/aromatic N) is 1. The SMILES string of the molecule is C=CC[C@H](C)[C@H](CC1CC1)S(=O)(=O)NC(=O)c1ccc2c(c1)N(C[C@@H]1CC[C@H]1[C@@H](O)/C=C/CCC)CCCCc1cc(Cl)ccc1CO2. The second kappa shape index (κ2) is 16.7. The summed E-state index contributed by atoms with van der Waals surface area (Å²) in [5.74, 6) is 0.715. The molecule has 0 bridgehead atoms. The fourth-order valence-corrected chi connectivity index (χ4v) is 9.17. The number of hydrogen-bond acceptors (Lipinski definition) is 6. The van der Waals surface area contributed by atoms with Crippen molar-refractivity contribution in [3.8, 4) is 5.75 Å². The Kier molecular flexibility index (Phi) is 12.7. The zero-order chi connectivity index (χ0) is 34.3. The quantitative estimate of drug-likeness (QED) is 0.193. The second-order valence-corrected chi connectivity index (χ2v) is 16.5. The number of fused-ring (bicyclic) bond motifs is 2. The number of aliphatic hydroxyl groups excluding tert-OH is 1. The Balaban J connectivity index is 1.42. The Bertz CT molecular complexity index is 1560. The van der Waals surface area contributed by atoms with Crippen LogP contribution in [-0.4, -0.2) is 43.9 Å². The van der Waals surface area contributed by atoms with Crippen molar-refractivity contribution in [3.63, 3.8) is 0 Å². The minimum absolute atomic E-state index is 0.148. The van der Waals surface area contributed by atoms with E-state index in [2.05, 4.69) is 29.2 Å². The molecule has 262 valence electrons. The number of halogens is 1. The molecule has 5 rings (SSSR count). The predicted molar refractivity (Wildman–Crippen MR) is 195 cm³/mol. The molecule has 3 aliphatic rings. The summed E-state index contributed by atoms with van der Waals surface area (Å²) in [6, 6.07) is 11.1. The van der Waals surface area contributed by atoms with Gasteiger partial charge < -0.3 is 14.7 Å². The van der Waals surface area contributed by atoms with Crippen LogP contribution in [0.25, 0.3) is 0 Å². The molecule has 5 atom stereocenters. The van der Waals surface area contributed by atoms with Crippen LogP contribution in [0.2, 0.25) is 5.02 Å². The van der Waals surface area contributed by atoms with E-state index >= 15 is 0 Å². The number of aliphatic hydroxyl groups is 1. The normalized spacial score (nSPS) is 21.9. The fourth-order valence-electron chi connectivity index (χ4n) is 7.20. The van der Waals surface area contributed by atoms with Crippen molar-refractivity contribution in [1.29, 1.82) is 0 Å². The fraction of sp³-hybridized carbons (Fsp3) is 0.564. The van der Waals surface area contributed by atoms with Crippen molar-refractivity contribution in [3.05, 3.63) is 82.9 Å². The maximum atomic E-state index is 13.7. The van der Waals surface area contributed by atoms with E-state index in [1.54, 1.807) is 24.3 Å². The largest absolute Gasteiger partial charge is 0.487 e. The van der Waals surface area contributed by atoms with Gasteiger partial charge in [0.25, 0.3) is 5.91 Å². The van der Waals surface area contributed by atoms with Crippen LogP contribution in [0.5, 0.6) is 5.75 Å². The third kappa shape index (κ3) is 9.45. The number of hydrogen-bond donors (Lipinski definition) is 2. The van der Waals surface area contributed by atoms with Crippen molar-refractivity contribution in [2.75, 3.05) is 18.0 Å². The van der Waals surface area contributed by atoms with Gasteiger partial charge in [-0.05, 0) is 116 Å². The molecular formula is C39H53ClN2O5S. The lowest BCUT2D eigenvalue weighted by Gasteiger charge is -2.42. The van der Waals surface area contributed by atoms with Gasteiger partial charge in [0.2, 0.25) is 10.0 Å². The monoisotopic (exact) mass is 696 g/mol. The number of carbonyl (C=O) groups excluding carboxylic acids is 1. The van der Waals surface area contributed by atoms with Gasteiger partial charge in [-0.2, -0.15) is 0 Å². The molecule has 1 amide bonds. The van der Waals surface area contributed by atoms with Crippen LogP contribution in [0.4, 0.5) is 5.69 Å². The summed E-state index contributed by atoms with van der Waals surface area (Å²) < 4.78 is 36.2. The number of ether oxygens (including phenoxy) is 1.